The molecule has 0 fully saturated rings. The van der Waals surface area contributed by atoms with Crippen LogP contribution in [0, 0.1) is 0 Å². The first kappa shape index (κ1) is 10.9. The summed E-state index contributed by atoms with van der Waals surface area (Å²) in [6.07, 6.45) is 9.29. The van der Waals surface area contributed by atoms with Gasteiger partial charge in [0.25, 0.3) is 0 Å². The Morgan fingerprint density at radius 2 is 1.67 bits per heavy atom. The summed E-state index contributed by atoms with van der Waals surface area (Å²) in [5.41, 5.74) is 0. The average Bonchev–Trinajstić information content (AvgIpc) is 1.81. The standard InChI is InChI=1S/C8H13Cl3Si/c9-12(10,11)8-6-4-2-1-3-5-7-8/h6H,1-5,7H2. The minimum absolute atomic E-state index is 1.00. The van der Waals surface area contributed by atoms with Crippen molar-refractivity contribution in [1.82, 2.24) is 0 Å². The van der Waals surface area contributed by atoms with Gasteiger partial charge < -0.3 is 0 Å². The molecule has 0 amide bonds. The maximum absolute atomic E-state index is 5.94. The number of halogens is 3. The maximum atomic E-state index is 5.94. The van der Waals surface area contributed by atoms with Crippen molar-refractivity contribution in [2.75, 3.05) is 0 Å². The molecular weight excluding hydrogens is 231 g/mol. The summed E-state index contributed by atoms with van der Waals surface area (Å²) >= 11 is 17.8. The molecule has 1 aliphatic carbocycles. The third-order valence-electron chi connectivity index (χ3n) is 2.16. The van der Waals surface area contributed by atoms with E-state index >= 15 is 0 Å². The Bertz CT molecular complexity index is 172. The fourth-order valence-electron chi connectivity index (χ4n) is 1.45. The zero-order valence-electron chi connectivity index (χ0n) is 6.95. The van der Waals surface area contributed by atoms with Crippen LogP contribution in [-0.4, -0.2) is 6.00 Å². The van der Waals surface area contributed by atoms with Gasteiger partial charge in [-0.05, 0) is 30.9 Å². The molecule has 0 saturated carbocycles. The van der Waals surface area contributed by atoms with Gasteiger partial charge in [-0.2, -0.15) is 0 Å². The Balaban J connectivity index is 2.59. The molecule has 0 nitrogen and oxygen atoms in total. The van der Waals surface area contributed by atoms with E-state index < -0.39 is 6.00 Å². The summed E-state index contributed by atoms with van der Waals surface area (Å²) in [6.45, 7) is 0. The third kappa shape index (κ3) is 3.69. The molecule has 12 heavy (non-hydrogen) atoms. The van der Waals surface area contributed by atoms with Crippen molar-refractivity contribution in [2.24, 2.45) is 0 Å². The molecule has 0 radical (unpaired) electrons. The van der Waals surface area contributed by atoms with Crippen LogP contribution in [0.5, 0.6) is 0 Å². The monoisotopic (exact) mass is 242 g/mol. The van der Waals surface area contributed by atoms with E-state index in [0.717, 1.165) is 18.0 Å². The Morgan fingerprint density at radius 3 is 2.33 bits per heavy atom. The van der Waals surface area contributed by atoms with E-state index in [0.29, 0.717) is 0 Å². The molecule has 0 unspecified atom stereocenters. The van der Waals surface area contributed by atoms with Gasteiger partial charge in [0.15, 0.2) is 0 Å². The van der Waals surface area contributed by atoms with Crippen molar-refractivity contribution in [1.29, 1.82) is 0 Å². The topological polar surface area (TPSA) is 0 Å². The van der Waals surface area contributed by atoms with Crippen molar-refractivity contribution < 1.29 is 0 Å². The van der Waals surface area contributed by atoms with E-state index in [-0.39, 0.29) is 0 Å². The fraction of sp³-hybridized carbons (Fsp3) is 0.750. The quantitative estimate of drug-likeness (QED) is 0.471. The number of hydrogen-bond acceptors (Lipinski definition) is 0. The second-order valence-electron chi connectivity index (χ2n) is 3.18. The lowest BCUT2D eigenvalue weighted by Crippen LogP contribution is -2.15. The normalized spacial score (nSPS) is 21.1. The van der Waals surface area contributed by atoms with Gasteiger partial charge in [-0.1, -0.05) is 18.9 Å². The molecule has 70 valence electrons. The van der Waals surface area contributed by atoms with Gasteiger partial charge >= 0.3 is 6.00 Å². The molecule has 0 heterocycles. The molecule has 1 rings (SSSR count). The third-order valence-corrected chi connectivity index (χ3v) is 5.52. The predicted molar refractivity (Wildman–Crippen MR) is 59.1 cm³/mol. The Kier molecular flexibility index (Phi) is 4.45. The Hall–Kier alpha value is 0.827. The summed E-state index contributed by atoms with van der Waals surface area (Å²) in [4.78, 5) is 0. The first-order valence-electron chi connectivity index (χ1n) is 4.37. The molecule has 0 atom stereocenters. The smallest absolute Gasteiger partial charge is 0.121 e. The van der Waals surface area contributed by atoms with Crippen LogP contribution in [0.1, 0.15) is 38.5 Å². The zero-order chi connectivity index (χ0) is 9.03. The minimum atomic E-state index is -2.53. The molecule has 0 bridgehead atoms. The number of allylic oxidation sites excluding steroid dienone is 2. The van der Waals surface area contributed by atoms with E-state index in [9.17, 15) is 0 Å². The summed E-state index contributed by atoms with van der Waals surface area (Å²) in [7, 11) is 0. The second-order valence-corrected chi connectivity index (χ2v) is 11.7. The van der Waals surface area contributed by atoms with Gasteiger partial charge in [0, 0.05) is 0 Å². The van der Waals surface area contributed by atoms with Crippen LogP contribution < -0.4 is 0 Å². The lowest BCUT2D eigenvalue weighted by atomic mass is 10.1. The van der Waals surface area contributed by atoms with Gasteiger partial charge in [-0.3, -0.25) is 0 Å². The van der Waals surface area contributed by atoms with Crippen LogP contribution >= 0.6 is 33.2 Å². The number of rotatable bonds is 1. The molecular formula is C8H13Cl3Si. The highest BCUT2D eigenvalue weighted by atomic mass is 35.8. The summed E-state index contributed by atoms with van der Waals surface area (Å²) in [5, 5.41) is 1.12. The van der Waals surface area contributed by atoms with Crippen LogP contribution in [0.4, 0.5) is 0 Å². The van der Waals surface area contributed by atoms with Crippen molar-refractivity contribution >= 4 is 39.2 Å². The SMILES string of the molecule is Cl[Si](Cl)(Cl)C1=CCCCCCC1. The minimum Gasteiger partial charge on any atom is -0.121 e. The van der Waals surface area contributed by atoms with Crippen LogP contribution in [-0.2, 0) is 0 Å². The molecule has 0 aromatic heterocycles. The van der Waals surface area contributed by atoms with Crippen molar-refractivity contribution in [2.45, 2.75) is 38.5 Å². The van der Waals surface area contributed by atoms with Gasteiger partial charge in [0.2, 0.25) is 0 Å². The molecule has 0 aliphatic heterocycles. The van der Waals surface area contributed by atoms with Gasteiger partial charge in [0.05, 0.1) is 0 Å². The van der Waals surface area contributed by atoms with Crippen LogP contribution in [0.25, 0.3) is 0 Å². The van der Waals surface area contributed by atoms with Crippen molar-refractivity contribution in [3.63, 3.8) is 0 Å². The average molecular weight is 244 g/mol. The lowest BCUT2D eigenvalue weighted by Gasteiger charge is -2.15. The number of hydrogen-bond donors (Lipinski definition) is 0. The Morgan fingerprint density at radius 1 is 1.00 bits per heavy atom. The molecule has 0 N–H and O–H groups in total. The van der Waals surface area contributed by atoms with Gasteiger partial charge in [-0.15, -0.1) is 33.2 Å². The molecule has 0 aromatic carbocycles. The highest BCUT2D eigenvalue weighted by Crippen LogP contribution is 2.33. The molecule has 0 saturated heterocycles. The highest BCUT2D eigenvalue weighted by molar-refractivity contribution is 7.67. The summed E-state index contributed by atoms with van der Waals surface area (Å²) < 4.78 is 0. The maximum Gasteiger partial charge on any atom is 0.368 e. The van der Waals surface area contributed by atoms with E-state index in [1.54, 1.807) is 0 Å². The summed E-state index contributed by atoms with van der Waals surface area (Å²) in [5.74, 6) is 0. The lowest BCUT2D eigenvalue weighted by molar-refractivity contribution is 0.633. The van der Waals surface area contributed by atoms with Crippen molar-refractivity contribution in [3.8, 4) is 0 Å². The van der Waals surface area contributed by atoms with Crippen LogP contribution in [0.3, 0.4) is 0 Å². The van der Waals surface area contributed by atoms with E-state index in [2.05, 4.69) is 6.08 Å². The van der Waals surface area contributed by atoms with E-state index in [1.807, 2.05) is 0 Å². The molecule has 4 heteroatoms. The van der Waals surface area contributed by atoms with Gasteiger partial charge in [-0.25, -0.2) is 0 Å². The molecule has 1 aliphatic rings. The largest absolute Gasteiger partial charge is 0.368 e. The summed E-state index contributed by atoms with van der Waals surface area (Å²) in [6, 6.07) is -2.53. The first-order chi connectivity index (χ1) is 5.61. The van der Waals surface area contributed by atoms with Gasteiger partial charge in [0.1, 0.15) is 0 Å². The molecule has 0 spiro atoms. The zero-order valence-corrected chi connectivity index (χ0v) is 10.2. The van der Waals surface area contributed by atoms with Crippen LogP contribution in [0.2, 0.25) is 0 Å². The highest BCUT2D eigenvalue weighted by Gasteiger charge is 2.30. The fourth-order valence-corrected chi connectivity index (χ4v) is 3.83. The Labute approximate surface area is 89.0 Å². The molecule has 0 aromatic rings. The van der Waals surface area contributed by atoms with Crippen molar-refractivity contribution in [3.05, 3.63) is 11.3 Å². The first-order valence-corrected chi connectivity index (χ1v) is 9.40. The second kappa shape index (κ2) is 4.90. The predicted octanol–water partition coefficient (Wildman–Crippen LogP) is 4.46. The van der Waals surface area contributed by atoms with E-state index in [1.165, 1.54) is 25.7 Å². The van der Waals surface area contributed by atoms with E-state index in [4.69, 9.17) is 33.2 Å². The van der Waals surface area contributed by atoms with Crippen LogP contribution in [0.15, 0.2) is 11.3 Å².